The zero-order valence-corrected chi connectivity index (χ0v) is 13.7. The number of hydrogen-bond donors (Lipinski definition) is 3. The number of nitrogens with one attached hydrogen (secondary N) is 2. The maximum atomic E-state index is 11.9. The fraction of sp³-hybridized carbons (Fsp3) is 0.316. The van der Waals surface area contributed by atoms with E-state index in [2.05, 4.69) is 42.7 Å². The van der Waals surface area contributed by atoms with Gasteiger partial charge in [0, 0.05) is 23.8 Å². The highest BCUT2D eigenvalue weighted by atomic mass is 16.3. The van der Waals surface area contributed by atoms with Crippen molar-refractivity contribution in [2.75, 3.05) is 18.5 Å². The predicted octanol–water partition coefficient (Wildman–Crippen LogP) is 2.76. The van der Waals surface area contributed by atoms with E-state index in [4.69, 9.17) is 5.11 Å². The van der Waals surface area contributed by atoms with Gasteiger partial charge in [-0.2, -0.15) is 0 Å². The molecule has 0 spiro atoms. The second kappa shape index (κ2) is 8.34. The molecule has 0 aliphatic heterocycles. The summed E-state index contributed by atoms with van der Waals surface area (Å²) in [6.45, 7) is 4.45. The van der Waals surface area contributed by atoms with Crippen molar-refractivity contribution in [1.82, 2.24) is 5.32 Å². The third-order valence-corrected chi connectivity index (χ3v) is 3.72. The third-order valence-electron chi connectivity index (χ3n) is 3.72. The van der Waals surface area contributed by atoms with E-state index in [0.29, 0.717) is 5.56 Å². The quantitative estimate of drug-likeness (QED) is 0.737. The lowest BCUT2D eigenvalue weighted by molar-refractivity contribution is 0.0945. The molecule has 23 heavy (non-hydrogen) atoms. The highest BCUT2D eigenvalue weighted by Gasteiger charge is 2.08. The summed E-state index contributed by atoms with van der Waals surface area (Å²) in [6.07, 6.45) is 0.924. The molecule has 2 aromatic rings. The number of carbonyl (C=O) groups excluding carboxylic acids is 1. The molecule has 0 aromatic heterocycles. The molecular weight excluding hydrogens is 288 g/mol. The van der Waals surface area contributed by atoms with E-state index in [-0.39, 0.29) is 25.1 Å². The number of aliphatic hydroxyl groups excluding tert-OH is 1. The summed E-state index contributed by atoms with van der Waals surface area (Å²) in [7, 11) is 0. The highest BCUT2D eigenvalue weighted by molar-refractivity contribution is 5.95. The number of aryl methyl sites for hydroxylation is 1. The van der Waals surface area contributed by atoms with E-state index in [1.807, 2.05) is 24.3 Å². The topological polar surface area (TPSA) is 61.4 Å². The summed E-state index contributed by atoms with van der Waals surface area (Å²) in [5.74, 6) is -0.172. The first kappa shape index (κ1) is 17.0. The van der Waals surface area contributed by atoms with Crippen molar-refractivity contribution in [2.45, 2.75) is 26.3 Å². The van der Waals surface area contributed by atoms with Crippen molar-refractivity contribution in [3.05, 3.63) is 65.2 Å². The van der Waals surface area contributed by atoms with Crippen LogP contribution in [0.25, 0.3) is 0 Å². The lowest BCUT2D eigenvalue weighted by Gasteiger charge is -2.17. The molecule has 0 fully saturated rings. The Bertz CT molecular complexity index is 655. The van der Waals surface area contributed by atoms with Gasteiger partial charge in [0.2, 0.25) is 0 Å². The van der Waals surface area contributed by atoms with Crippen LogP contribution in [0.15, 0.2) is 48.5 Å². The van der Waals surface area contributed by atoms with Gasteiger partial charge in [0.1, 0.15) is 0 Å². The van der Waals surface area contributed by atoms with Crippen LogP contribution in [0.2, 0.25) is 0 Å². The Morgan fingerprint density at radius 3 is 2.70 bits per heavy atom. The zero-order chi connectivity index (χ0) is 16.7. The molecule has 1 unspecified atom stereocenters. The molecule has 2 rings (SSSR count). The first-order chi connectivity index (χ1) is 11.1. The second-order valence-electron chi connectivity index (χ2n) is 5.74. The monoisotopic (exact) mass is 312 g/mol. The van der Waals surface area contributed by atoms with E-state index in [9.17, 15) is 4.79 Å². The van der Waals surface area contributed by atoms with E-state index in [0.717, 1.165) is 12.1 Å². The van der Waals surface area contributed by atoms with Crippen LogP contribution in [0.5, 0.6) is 0 Å². The predicted molar refractivity (Wildman–Crippen MR) is 93.8 cm³/mol. The van der Waals surface area contributed by atoms with Crippen LogP contribution in [0.3, 0.4) is 0 Å². The van der Waals surface area contributed by atoms with Gasteiger partial charge >= 0.3 is 0 Å². The number of carbonyl (C=O) groups is 1. The van der Waals surface area contributed by atoms with Crippen LogP contribution in [-0.4, -0.2) is 30.2 Å². The number of amides is 1. The van der Waals surface area contributed by atoms with Gasteiger partial charge in [0.25, 0.3) is 5.91 Å². The maximum Gasteiger partial charge on any atom is 0.251 e. The van der Waals surface area contributed by atoms with E-state index < -0.39 is 0 Å². The molecule has 0 radical (unpaired) electrons. The fourth-order valence-corrected chi connectivity index (χ4v) is 2.53. The summed E-state index contributed by atoms with van der Waals surface area (Å²) in [5, 5.41) is 14.9. The normalized spacial score (nSPS) is 11.8. The van der Waals surface area contributed by atoms with Crippen LogP contribution in [0.1, 0.15) is 28.4 Å². The van der Waals surface area contributed by atoms with Crippen LogP contribution in [-0.2, 0) is 6.42 Å². The Labute approximate surface area is 137 Å². The van der Waals surface area contributed by atoms with E-state index in [1.54, 1.807) is 6.07 Å². The molecule has 4 nitrogen and oxygen atoms in total. The Kier molecular flexibility index (Phi) is 6.18. The SMILES string of the molecule is Cc1ccccc1CC(C)Nc1cccc(C(=O)NCCO)c1. The van der Waals surface area contributed by atoms with Gasteiger partial charge in [0.15, 0.2) is 0 Å². The van der Waals surface area contributed by atoms with Crippen molar-refractivity contribution >= 4 is 11.6 Å². The van der Waals surface area contributed by atoms with Crippen molar-refractivity contribution in [3.63, 3.8) is 0 Å². The summed E-state index contributed by atoms with van der Waals surface area (Å²) in [4.78, 5) is 11.9. The van der Waals surface area contributed by atoms with Crippen molar-refractivity contribution in [1.29, 1.82) is 0 Å². The maximum absolute atomic E-state index is 11.9. The molecule has 122 valence electrons. The summed E-state index contributed by atoms with van der Waals surface area (Å²) in [5.41, 5.74) is 4.12. The van der Waals surface area contributed by atoms with Gasteiger partial charge in [-0.05, 0) is 49.6 Å². The molecule has 0 bridgehead atoms. The standard InChI is InChI=1S/C19H24N2O2/c1-14-6-3-4-7-16(14)12-15(2)21-18-9-5-8-17(13-18)19(23)20-10-11-22/h3-9,13,15,21-22H,10-12H2,1-2H3,(H,20,23). The largest absolute Gasteiger partial charge is 0.395 e. The van der Waals surface area contributed by atoms with Crippen molar-refractivity contribution in [2.24, 2.45) is 0 Å². The van der Waals surface area contributed by atoms with Crippen molar-refractivity contribution < 1.29 is 9.90 Å². The minimum Gasteiger partial charge on any atom is -0.395 e. The number of rotatable bonds is 7. The Morgan fingerprint density at radius 1 is 1.17 bits per heavy atom. The van der Waals surface area contributed by atoms with E-state index in [1.165, 1.54) is 11.1 Å². The lowest BCUT2D eigenvalue weighted by Crippen LogP contribution is -2.26. The molecule has 0 aliphatic carbocycles. The number of anilines is 1. The first-order valence-electron chi connectivity index (χ1n) is 7.90. The number of aliphatic hydroxyl groups is 1. The molecule has 0 saturated carbocycles. The Balaban J connectivity index is 1.99. The molecular formula is C19H24N2O2. The minimum absolute atomic E-state index is 0.0584. The lowest BCUT2D eigenvalue weighted by atomic mass is 10.0. The van der Waals surface area contributed by atoms with Crippen molar-refractivity contribution in [3.8, 4) is 0 Å². The molecule has 3 N–H and O–H groups in total. The Hall–Kier alpha value is -2.33. The van der Waals surface area contributed by atoms with E-state index >= 15 is 0 Å². The van der Waals surface area contributed by atoms with Gasteiger partial charge in [-0.1, -0.05) is 30.3 Å². The number of benzene rings is 2. The van der Waals surface area contributed by atoms with Gasteiger partial charge in [-0.15, -0.1) is 0 Å². The van der Waals surface area contributed by atoms with Crippen LogP contribution >= 0.6 is 0 Å². The highest BCUT2D eigenvalue weighted by Crippen LogP contribution is 2.15. The molecule has 0 aliphatic rings. The molecule has 0 saturated heterocycles. The fourth-order valence-electron chi connectivity index (χ4n) is 2.53. The molecule has 2 aromatic carbocycles. The third kappa shape index (κ3) is 5.11. The Morgan fingerprint density at radius 2 is 1.96 bits per heavy atom. The van der Waals surface area contributed by atoms with Crippen LogP contribution in [0.4, 0.5) is 5.69 Å². The average molecular weight is 312 g/mol. The summed E-state index contributed by atoms with van der Waals surface area (Å²) >= 11 is 0. The summed E-state index contributed by atoms with van der Waals surface area (Å²) in [6, 6.07) is 16.0. The first-order valence-corrected chi connectivity index (χ1v) is 7.90. The molecule has 1 atom stereocenters. The van der Waals surface area contributed by atoms with Gasteiger partial charge < -0.3 is 15.7 Å². The molecule has 4 heteroatoms. The number of hydrogen-bond acceptors (Lipinski definition) is 3. The second-order valence-corrected chi connectivity index (χ2v) is 5.74. The molecule has 1 amide bonds. The van der Waals surface area contributed by atoms with Gasteiger partial charge in [0.05, 0.1) is 6.61 Å². The van der Waals surface area contributed by atoms with Crippen LogP contribution in [0, 0.1) is 6.92 Å². The van der Waals surface area contributed by atoms with Gasteiger partial charge in [-0.3, -0.25) is 4.79 Å². The van der Waals surface area contributed by atoms with Gasteiger partial charge in [-0.25, -0.2) is 0 Å². The summed E-state index contributed by atoms with van der Waals surface area (Å²) < 4.78 is 0. The average Bonchev–Trinajstić information content (AvgIpc) is 2.55. The minimum atomic E-state index is -0.172. The van der Waals surface area contributed by atoms with Crippen LogP contribution < -0.4 is 10.6 Å². The molecule has 0 heterocycles. The smallest absolute Gasteiger partial charge is 0.251 e. The zero-order valence-electron chi connectivity index (χ0n) is 13.7.